The van der Waals surface area contributed by atoms with Crippen LogP contribution in [0, 0.1) is 11.2 Å². The number of halogens is 6. The predicted octanol–water partition coefficient (Wildman–Crippen LogP) is 5.30. The molecule has 1 aliphatic carbocycles. The lowest BCUT2D eigenvalue weighted by Gasteiger charge is -2.31. The third-order valence-corrected chi connectivity index (χ3v) is 5.95. The summed E-state index contributed by atoms with van der Waals surface area (Å²) in [4.78, 5) is 18.4. The van der Waals surface area contributed by atoms with Crippen molar-refractivity contribution >= 4 is 23.5 Å². The second kappa shape index (κ2) is 8.44. The standard InChI is InChI=1S/C21H18ClF5N4O2/c22-12-5-6-16(29-10-12)20(18(28)31(19(32)30-20)14-3-1-2-4-14)11-7-13(23)9-15(8-11)33-21(26,27)17(24)25/h5-10,14,17,28H,1-4H2,(H,30,32)/t20-/m0/s1. The molecule has 2 aliphatic rings. The van der Waals surface area contributed by atoms with Crippen LogP contribution < -0.4 is 10.1 Å². The third-order valence-electron chi connectivity index (χ3n) is 5.72. The first-order valence-electron chi connectivity index (χ1n) is 10.0. The number of benzene rings is 1. The van der Waals surface area contributed by atoms with Crippen LogP contribution in [0.25, 0.3) is 0 Å². The number of nitrogens with zero attached hydrogens (tertiary/aromatic N) is 2. The minimum Gasteiger partial charge on any atom is -0.428 e. The summed E-state index contributed by atoms with van der Waals surface area (Å²) >= 11 is 5.91. The van der Waals surface area contributed by atoms with Gasteiger partial charge in [-0.3, -0.25) is 15.3 Å². The van der Waals surface area contributed by atoms with Crippen molar-refractivity contribution in [2.24, 2.45) is 0 Å². The molecule has 6 nitrogen and oxygen atoms in total. The van der Waals surface area contributed by atoms with E-state index < -0.39 is 35.7 Å². The molecule has 12 heteroatoms. The number of aromatic nitrogens is 1. The van der Waals surface area contributed by atoms with Gasteiger partial charge in [-0.05, 0) is 42.7 Å². The normalized spacial score (nSPS) is 21.7. The number of urea groups is 1. The zero-order valence-electron chi connectivity index (χ0n) is 16.9. The highest BCUT2D eigenvalue weighted by atomic mass is 35.5. The Morgan fingerprint density at radius 1 is 1.24 bits per heavy atom. The smallest absolute Gasteiger partial charge is 0.428 e. The molecule has 1 saturated heterocycles. The highest BCUT2D eigenvalue weighted by molar-refractivity contribution is 6.30. The molecule has 33 heavy (non-hydrogen) atoms. The second-order valence-electron chi connectivity index (χ2n) is 7.84. The minimum atomic E-state index is -4.88. The van der Waals surface area contributed by atoms with Crippen molar-refractivity contribution < 1.29 is 31.5 Å². The molecule has 0 bridgehead atoms. The lowest BCUT2D eigenvalue weighted by Crippen LogP contribution is -2.46. The summed E-state index contributed by atoms with van der Waals surface area (Å²) in [5.74, 6) is -2.29. The van der Waals surface area contributed by atoms with Gasteiger partial charge in [0.05, 0.1) is 10.7 Å². The Hall–Kier alpha value is -2.95. The van der Waals surface area contributed by atoms with Crippen molar-refractivity contribution in [3.63, 3.8) is 0 Å². The van der Waals surface area contributed by atoms with Gasteiger partial charge >= 0.3 is 18.6 Å². The summed E-state index contributed by atoms with van der Waals surface area (Å²) in [7, 11) is 0. The molecule has 176 valence electrons. The first-order valence-corrected chi connectivity index (χ1v) is 10.4. The van der Waals surface area contributed by atoms with Crippen molar-refractivity contribution in [1.29, 1.82) is 5.41 Å². The first kappa shape index (κ1) is 23.2. The van der Waals surface area contributed by atoms with Crippen LogP contribution in [0.4, 0.5) is 26.7 Å². The molecule has 2 fully saturated rings. The van der Waals surface area contributed by atoms with Crippen molar-refractivity contribution in [2.75, 3.05) is 0 Å². The fourth-order valence-electron chi connectivity index (χ4n) is 4.25. The number of carbonyl (C=O) groups excluding carboxylic acids is 1. The van der Waals surface area contributed by atoms with Crippen molar-refractivity contribution in [2.45, 2.75) is 49.8 Å². The Morgan fingerprint density at radius 3 is 2.55 bits per heavy atom. The van der Waals surface area contributed by atoms with Gasteiger partial charge in [0.25, 0.3) is 0 Å². The number of pyridine rings is 1. The van der Waals surface area contributed by atoms with Crippen molar-refractivity contribution in [1.82, 2.24) is 15.2 Å². The summed E-state index contributed by atoms with van der Waals surface area (Å²) < 4.78 is 70.8. The summed E-state index contributed by atoms with van der Waals surface area (Å²) in [6.45, 7) is 0. The molecule has 1 atom stereocenters. The zero-order valence-corrected chi connectivity index (χ0v) is 17.7. The average Bonchev–Trinajstić information content (AvgIpc) is 3.34. The van der Waals surface area contributed by atoms with E-state index in [9.17, 15) is 26.7 Å². The number of amidine groups is 1. The Kier molecular flexibility index (Phi) is 5.94. The molecule has 2 amide bonds. The highest BCUT2D eigenvalue weighted by Gasteiger charge is 2.54. The first-order chi connectivity index (χ1) is 15.5. The maximum Gasteiger partial charge on any atom is 0.461 e. The van der Waals surface area contributed by atoms with Crippen LogP contribution in [0.3, 0.4) is 0 Å². The molecule has 1 aliphatic heterocycles. The fourth-order valence-corrected chi connectivity index (χ4v) is 4.36. The molecular weight excluding hydrogens is 471 g/mol. The Balaban J connectivity index is 1.86. The van der Waals surface area contributed by atoms with Gasteiger partial charge in [0.15, 0.2) is 5.54 Å². The molecule has 2 N–H and O–H groups in total. The van der Waals surface area contributed by atoms with E-state index in [0.717, 1.165) is 25.0 Å². The fraction of sp³-hybridized carbons (Fsp3) is 0.381. The number of carbonyl (C=O) groups is 1. The zero-order chi connectivity index (χ0) is 24.0. The molecule has 0 unspecified atom stereocenters. The largest absolute Gasteiger partial charge is 0.461 e. The van der Waals surface area contributed by atoms with Gasteiger partial charge in [-0.1, -0.05) is 24.4 Å². The quantitative estimate of drug-likeness (QED) is 0.542. The summed E-state index contributed by atoms with van der Waals surface area (Å²) in [5.41, 5.74) is -2.02. The van der Waals surface area contributed by atoms with E-state index in [1.54, 1.807) is 0 Å². The topological polar surface area (TPSA) is 78.3 Å². The number of ether oxygens (including phenoxy) is 1. The molecule has 2 heterocycles. The molecule has 0 spiro atoms. The van der Waals surface area contributed by atoms with E-state index in [-0.39, 0.29) is 28.2 Å². The van der Waals surface area contributed by atoms with E-state index in [0.29, 0.717) is 18.9 Å². The van der Waals surface area contributed by atoms with E-state index in [1.807, 2.05) is 0 Å². The summed E-state index contributed by atoms with van der Waals surface area (Å²) in [5, 5.41) is 11.7. The summed E-state index contributed by atoms with van der Waals surface area (Å²) in [6, 6.07) is 4.20. The summed E-state index contributed by atoms with van der Waals surface area (Å²) in [6.07, 6.45) is -4.77. The molecule has 0 radical (unpaired) electrons. The van der Waals surface area contributed by atoms with Crippen LogP contribution in [-0.2, 0) is 5.54 Å². The van der Waals surface area contributed by atoms with Crippen molar-refractivity contribution in [3.05, 3.63) is 58.6 Å². The highest BCUT2D eigenvalue weighted by Crippen LogP contribution is 2.41. The number of nitrogens with one attached hydrogen (secondary N) is 2. The van der Waals surface area contributed by atoms with Crippen LogP contribution in [-0.4, -0.2) is 40.3 Å². The van der Waals surface area contributed by atoms with E-state index in [1.165, 1.54) is 23.2 Å². The number of rotatable bonds is 6. The van der Waals surface area contributed by atoms with Crippen LogP contribution in [0.1, 0.15) is 36.9 Å². The number of alkyl halides is 4. The van der Waals surface area contributed by atoms with E-state index in [2.05, 4.69) is 15.0 Å². The maximum absolute atomic E-state index is 14.5. The number of hydrogen-bond acceptors (Lipinski definition) is 4. The minimum absolute atomic E-state index is 0.0583. The van der Waals surface area contributed by atoms with Gasteiger partial charge in [-0.2, -0.15) is 17.6 Å². The SMILES string of the molecule is N=C1N(C2CCCC2)C(=O)N[C@@]1(c1cc(F)cc(OC(F)(F)C(F)F)c1)c1ccc(Cl)cn1. The Bertz CT molecular complexity index is 1080. The van der Waals surface area contributed by atoms with Crippen LogP contribution in [0.2, 0.25) is 5.02 Å². The van der Waals surface area contributed by atoms with Gasteiger partial charge < -0.3 is 10.1 Å². The number of amides is 2. The van der Waals surface area contributed by atoms with Crippen LogP contribution in [0.5, 0.6) is 5.75 Å². The molecule has 1 aromatic carbocycles. The molecule has 1 saturated carbocycles. The Labute approximate surface area is 190 Å². The van der Waals surface area contributed by atoms with E-state index >= 15 is 0 Å². The monoisotopic (exact) mass is 488 g/mol. The Morgan fingerprint density at radius 2 is 1.94 bits per heavy atom. The van der Waals surface area contributed by atoms with Crippen LogP contribution >= 0.6 is 11.6 Å². The van der Waals surface area contributed by atoms with Gasteiger partial charge in [-0.25, -0.2) is 9.18 Å². The van der Waals surface area contributed by atoms with Gasteiger partial charge in [-0.15, -0.1) is 0 Å². The average molecular weight is 489 g/mol. The lowest BCUT2D eigenvalue weighted by atomic mass is 9.85. The van der Waals surface area contributed by atoms with Gasteiger partial charge in [0, 0.05) is 18.3 Å². The lowest BCUT2D eigenvalue weighted by molar-refractivity contribution is -0.253. The van der Waals surface area contributed by atoms with Gasteiger partial charge in [0.1, 0.15) is 17.4 Å². The maximum atomic E-state index is 14.5. The molecule has 1 aromatic heterocycles. The molecule has 2 aromatic rings. The van der Waals surface area contributed by atoms with Crippen LogP contribution in [0.15, 0.2) is 36.5 Å². The van der Waals surface area contributed by atoms with E-state index in [4.69, 9.17) is 17.0 Å². The third kappa shape index (κ3) is 4.09. The second-order valence-corrected chi connectivity index (χ2v) is 8.28. The molecule has 4 rings (SSSR count). The van der Waals surface area contributed by atoms with Gasteiger partial charge in [0.2, 0.25) is 0 Å². The number of hydrogen-bond donors (Lipinski definition) is 2. The molecular formula is C21H18ClF5N4O2. The van der Waals surface area contributed by atoms with Crippen molar-refractivity contribution in [3.8, 4) is 5.75 Å². The predicted molar refractivity (Wildman–Crippen MR) is 108 cm³/mol.